The lowest BCUT2D eigenvalue weighted by Gasteiger charge is -2.35. The number of carboxylic acids is 1. The van der Waals surface area contributed by atoms with E-state index in [0.29, 0.717) is 25.8 Å². The lowest BCUT2D eigenvalue weighted by Crippen LogP contribution is -2.56. The van der Waals surface area contributed by atoms with Gasteiger partial charge in [-0.05, 0) is 37.7 Å². The molecule has 5 nitrogen and oxygen atoms in total. The van der Waals surface area contributed by atoms with Crippen molar-refractivity contribution < 1.29 is 14.7 Å². The third kappa shape index (κ3) is 2.80. The first-order chi connectivity index (χ1) is 8.49. The Morgan fingerprint density at radius 2 is 2.22 bits per heavy atom. The molecule has 0 aromatic heterocycles. The molecule has 0 bridgehead atoms. The molecule has 2 atom stereocenters. The maximum absolute atomic E-state index is 12.3. The first-order valence-electron chi connectivity index (χ1n) is 6.29. The van der Waals surface area contributed by atoms with E-state index in [2.05, 4.69) is 0 Å². The normalized spacial score (nSPS) is 25.2. The average Bonchev–Trinajstić information content (AvgIpc) is 2.79. The third-order valence-corrected chi connectivity index (χ3v) is 4.33. The Morgan fingerprint density at radius 3 is 2.72 bits per heavy atom. The average molecular weight is 274 g/mol. The molecule has 1 unspecified atom stereocenters. The van der Waals surface area contributed by atoms with Crippen LogP contribution < -0.4 is 5.73 Å². The van der Waals surface area contributed by atoms with Crippen LogP contribution in [0, 0.1) is 0 Å². The molecule has 104 valence electrons. The standard InChI is InChI=1S/C12H22N2O3S/c1-3-12(11(16)17)6-4-7-14(12)10(15)9(13)5-8-18-2/h9H,3-8,13H2,1-2H3,(H,16,17)/t9-,12?/m1/s1. The predicted octanol–water partition coefficient (Wildman–Crippen LogP) is 0.923. The van der Waals surface area contributed by atoms with Crippen LogP contribution in [0.2, 0.25) is 0 Å². The van der Waals surface area contributed by atoms with Gasteiger partial charge in [0.25, 0.3) is 0 Å². The predicted molar refractivity (Wildman–Crippen MR) is 72.6 cm³/mol. The summed E-state index contributed by atoms with van der Waals surface area (Å²) < 4.78 is 0. The van der Waals surface area contributed by atoms with Gasteiger partial charge >= 0.3 is 5.97 Å². The van der Waals surface area contributed by atoms with Gasteiger partial charge in [0.15, 0.2) is 0 Å². The minimum Gasteiger partial charge on any atom is -0.479 e. The van der Waals surface area contributed by atoms with Crippen LogP contribution in [-0.2, 0) is 9.59 Å². The molecule has 0 radical (unpaired) electrons. The summed E-state index contributed by atoms with van der Waals surface area (Å²) in [6.45, 7) is 2.32. The molecule has 3 N–H and O–H groups in total. The van der Waals surface area contributed by atoms with Crippen molar-refractivity contribution in [2.75, 3.05) is 18.6 Å². The minimum atomic E-state index is -1.03. The van der Waals surface area contributed by atoms with Crippen LogP contribution in [0.25, 0.3) is 0 Å². The fraction of sp³-hybridized carbons (Fsp3) is 0.833. The van der Waals surface area contributed by atoms with Gasteiger partial charge in [0.1, 0.15) is 5.54 Å². The molecular formula is C12H22N2O3S. The number of carboxylic acid groups (broad SMARTS) is 1. The van der Waals surface area contributed by atoms with Crippen LogP contribution in [0.5, 0.6) is 0 Å². The number of rotatable bonds is 6. The number of amides is 1. The van der Waals surface area contributed by atoms with Crippen molar-refractivity contribution in [2.45, 2.75) is 44.2 Å². The third-order valence-electron chi connectivity index (χ3n) is 3.69. The topological polar surface area (TPSA) is 83.6 Å². The Morgan fingerprint density at radius 1 is 1.56 bits per heavy atom. The number of carbonyl (C=O) groups is 2. The van der Waals surface area contributed by atoms with Crippen molar-refractivity contribution in [3.63, 3.8) is 0 Å². The lowest BCUT2D eigenvalue weighted by atomic mass is 9.92. The quantitative estimate of drug-likeness (QED) is 0.752. The van der Waals surface area contributed by atoms with Gasteiger partial charge in [-0.15, -0.1) is 0 Å². The summed E-state index contributed by atoms with van der Waals surface area (Å²) in [5.41, 5.74) is 4.83. The molecule has 0 aromatic carbocycles. The summed E-state index contributed by atoms with van der Waals surface area (Å²) in [6, 6.07) is -0.583. The molecule has 0 saturated carbocycles. The summed E-state index contributed by atoms with van der Waals surface area (Å²) >= 11 is 1.63. The molecule has 1 aliphatic heterocycles. The highest BCUT2D eigenvalue weighted by atomic mass is 32.2. The van der Waals surface area contributed by atoms with Crippen molar-refractivity contribution >= 4 is 23.6 Å². The Hall–Kier alpha value is -0.750. The number of hydrogen-bond acceptors (Lipinski definition) is 4. The van der Waals surface area contributed by atoms with E-state index in [1.807, 2.05) is 13.2 Å². The lowest BCUT2D eigenvalue weighted by molar-refractivity contribution is -0.157. The maximum atomic E-state index is 12.3. The molecule has 0 aromatic rings. The number of thioether (sulfide) groups is 1. The van der Waals surface area contributed by atoms with Crippen LogP contribution >= 0.6 is 11.8 Å². The van der Waals surface area contributed by atoms with Crippen LogP contribution in [-0.4, -0.2) is 52.0 Å². The van der Waals surface area contributed by atoms with Crippen molar-refractivity contribution in [1.82, 2.24) is 4.90 Å². The molecule has 1 fully saturated rings. The second kappa shape index (κ2) is 6.43. The summed E-state index contributed by atoms with van der Waals surface area (Å²) in [5, 5.41) is 9.40. The molecule has 1 heterocycles. The van der Waals surface area contributed by atoms with Gasteiger partial charge in [-0.2, -0.15) is 11.8 Å². The molecule has 1 amide bonds. The van der Waals surface area contributed by atoms with E-state index >= 15 is 0 Å². The van der Waals surface area contributed by atoms with E-state index in [9.17, 15) is 14.7 Å². The molecule has 1 rings (SSSR count). The Labute approximate surface area is 112 Å². The van der Waals surface area contributed by atoms with E-state index in [1.165, 1.54) is 4.90 Å². The zero-order chi connectivity index (χ0) is 13.8. The number of carbonyl (C=O) groups excluding carboxylic acids is 1. The highest BCUT2D eigenvalue weighted by Gasteiger charge is 2.49. The van der Waals surface area contributed by atoms with E-state index < -0.39 is 17.6 Å². The van der Waals surface area contributed by atoms with Crippen molar-refractivity contribution in [1.29, 1.82) is 0 Å². The van der Waals surface area contributed by atoms with Gasteiger partial charge in [-0.25, -0.2) is 4.79 Å². The zero-order valence-electron chi connectivity index (χ0n) is 11.0. The van der Waals surface area contributed by atoms with Gasteiger partial charge in [0.05, 0.1) is 6.04 Å². The summed E-state index contributed by atoms with van der Waals surface area (Å²) in [4.78, 5) is 25.2. The van der Waals surface area contributed by atoms with Crippen LogP contribution in [0.3, 0.4) is 0 Å². The highest BCUT2D eigenvalue weighted by molar-refractivity contribution is 7.98. The van der Waals surface area contributed by atoms with Gasteiger partial charge < -0.3 is 15.7 Å². The van der Waals surface area contributed by atoms with Crippen LogP contribution in [0.4, 0.5) is 0 Å². The second-order valence-corrected chi connectivity index (χ2v) is 5.66. The molecule has 0 spiro atoms. The van der Waals surface area contributed by atoms with Crippen molar-refractivity contribution in [3.05, 3.63) is 0 Å². The summed E-state index contributed by atoms with van der Waals surface area (Å²) in [5.74, 6) is -0.314. The fourth-order valence-corrected chi connectivity index (χ4v) is 3.00. The van der Waals surface area contributed by atoms with Crippen LogP contribution in [0.1, 0.15) is 32.6 Å². The summed E-state index contributed by atoms with van der Waals surface area (Å²) in [6.07, 6.45) is 4.25. The smallest absolute Gasteiger partial charge is 0.329 e. The largest absolute Gasteiger partial charge is 0.479 e. The number of hydrogen-bond donors (Lipinski definition) is 2. The Kier molecular flexibility index (Phi) is 5.47. The molecule has 6 heteroatoms. The van der Waals surface area contributed by atoms with Gasteiger partial charge in [-0.3, -0.25) is 4.79 Å². The molecule has 18 heavy (non-hydrogen) atoms. The Bertz CT molecular complexity index is 324. The fourth-order valence-electron chi connectivity index (χ4n) is 2.51. The van der Waals surface area contributed by atoms with Gasteiger partial charge in [-0.1, -0.05) is 6.92 Å². The van der Waals surface area contributed by atoms with E-state index in [0.717, 1.165) is 12.2 Å². The SMILES string of the molecule is CCC1(C(=O)O)CCCN1C(=O)[C@H](N)CCSC. The van der Waals surface area contributed by atoms with E-state index in [4.69, 9.17) is 5.73 Å². The van der Waals surface area contributed by atoms with Crippen LogP contribution in [0.15, 0.2) is 0 Å². The minimum absolute atomic E-state index is 0.217. The van der Waals surface area contributed by atoms with E-state index in [1.54, 1.807) is 11.8 Å². The number of aliphatic carboxylic acids is 1. The first kappa shape index (κ1) is 15.3. The molecule has 1 aliphatic rings. The Balaban J connectivity index is 2.80. The maximum Gasteiger partial charge on any atom is 0.329 e. The van der Waals surface area contributed by atoms with E-state index in [-0.39, 0.29) is 5.91 Å². The van der Waals surface area contributed by atoms with Gasteiger partial charge in [0, 0.05) is 6.54 Å². The highest BCUT2D eigenvalue weighted by Crippen LogP contribution is 2.33. The van der Waals surface area contributed by atoms with Crippen molar-refractivity contribution in [2.24, 2.45) is 5.73 Å². The molecule has 0 aliphatic carbocycles. The van der Waals surface area contributed by atoms with Crippen molar-refractivity contribution in [3.8, 4) is 0 Å². The number of nitrogens with zero attached hydrogens (tertiary/aromatic N) is 1. The zero-order valence-corrected chi connectivity index (χ0v) is 11.8. The molecular weight excluding hydrogens is 252 g/mol. The number of likely N-dealkylation sites (tertiary alicyclic amines) is 1. The number of nitrogens with two attached hydrogens (primary N) is 1. The molecule has 1 saturated heterocycles. The monoisotopic (exact) mass is 274 g/mol. The second-order valence-electron chi connectivity index (χ2n) is 4.67. The van der Waals surface area contributed by atoms with Gasteiger partial charge in [0.2, 0.25) is 5.91 Å². The summed E-state index contributed by atoms with van der Waals surface area (Å²) in [7, 11) is 0. The first-order valence-corrected chi connectivity index (χ1v) is 7.68.